The van der Waals surface area contributed by atoms with Crippen molar-refractivity contribution in [3.05, 3.63) is 60.3 Å². The van der Waals surface area contributed by atoms with Crippen molar-refractivity contribution in [3.8, 4) is 11.6 Å². The molecule has 0 bridgehead atoms. The predicted octanol–water partition coefficient (Wildman–Crippen LogP) is 4.08. The summed E-state index contributed by atoms with van der Waals surface area (Å²) in [6, 6.07) is 13.1. The van der Waals surface area contributed by atoms with Crippen molar-refractivity contribution in [2.75, 3.05) is 19.0 Å². The summed E-state index contributed by atoms with van der Waals surface area (Å²) in [7, 11) is 3.75. The third-order valence-electron chi connectivity index (χ3n) is 5.16. The van der Waals surface area contributed by atoms with Gasteiger partial charge in [0.05, 0.1) is 0 Å². The van der Waals surface area contributed by atoms with E-state index in [0.717, 1.165) is 12.8 Å². The normalized spacial score (nSPS) is 14.3. The molecule has 1 heterocycles. The van der Waals surface area contributed by atoms with Gasteiger partial charge in [0.2, 0.25) is 5.88 Å². The number of hydrogen-bond donors (Lipinski definition) is 3. The molecular formula is C23H29N5O2. The molecule has 1 aromatic carbocycles. The number of para-hydroxylation sites is 1. The summed E-state index contributed by atoms with van der Waals surface area (Å²) in [4.78, 5) is 19.6. The Balaban J connectivity index is 1.88. The minimum absolute atomic E-state index is 0.00104. The number of amidine groups is 1. The van der Waals surface area contributed by atoms with Crippen molar-refractivity contribution < 1.29 is 9.53 Å². The molecule has 1 saturated carbocycles. The molecule has 1 aromatic heterocycles. The maximum Gasteiger partial charge on any atom is 0.257 e. The quantitative estimate of drug-likeness (QED) is 0.475. The van der Waals surface area contributed by atoms with Crippen LogP contribution in [0.25, 0.3) is 0 Å². The van der Waals surface area contributed by atoms with Crippen molar-refractivity contribution in [1.82, 2.24) is 15.6 Å². The van der Waals surface area contributed by atoms with Crippen molar-refractivity contribution in [2.45, 2.75) is 38.1 Å². The van der Waals surface area contributed by atoms with E-state index < -0.39 is 0 Å². The average Bonchev–Trinajstić information content (AvgIpc) is 2.78. The van der Waals surface area contributed by atoms with Gasteiger partial charge in [0, 0.05) is 31.8 Å². The predicted molar refractivity (Wildman–Crippen MR) is 119 cm³/mol. The number of rotatable bonds is 7. The summed E-state index contributed by atoms with van der Waals surface area (Å²) in [5.41, 5.74) is 0.399. The first kappa shape index (κ1) is 21.4. The molecule has 0 saturated heterocycles. The van der Waals surface area contributed by atoms with Crippen LogP contribution in [-0.2, 0) is 0 Å². The lowest BCUT2D eigenvalue weighted by molar-refractivity contribution is 0.0976. The van der Waals surface area contributed by atoms with Gasteiger partial charge in [-0.2, -0.15) is 4.98 Å². The Morgan fingerprint density at radius 3 is 2.63 bits per heavy atom. The van der Waals surface area contributed by atoms with Crippen LogP contribution in [-0.4, -0.2) is 36.9 Å². The van der Waals surface area contributed by atoms with E-state index in [0.29, 0.717) is 29.1 Å². The molecule has 1 aliphatic carbocycles. The van der Waals surface area contributed by atoms with Crippen LogP contribution in [0.15, 0.2) is 54.7 Å². The summed E-state index contributed by atoms with van der Waals surface area (Å²) in [5, 5.41) is 13.3. The minimum Gasteiger partial charge on any atom is -0.439 e. The number of amides is 1. The zero-order valence-electron chi connectivity index (χ0n) is 17.5. The minimum atomic E-state index is -0.376. The van der Waals surface area contributed by atoms with Crippen LogP contribution in [0.5, 0.6) is 11.6 Å². The van der Waals surface area contributed by atoms with E-state index in [-0.39, 0.29) is 11.7 Å². The van der Waals surface area contributed by atoms with E-state index >= 15 is 0 Å². The molecule has 2 aromatic rings. The van der Waals surface area contributed by atoms with Gasteiger partial charge < -0.3 is 20.3 Å². The smallest absolute Gasteiger partial charge is 0.257 e. The van der Waals surface area contributed by atoms with Gasteiger partial charge in [-0.05, 0) is 43.3 Å². The number of benzene rings is 1. The lowest BCUT2D eigenvalue weighted by Crippen LogP contribution is -2.34. The average molecular weight is 408 g/mol. The monoisotopic (exact) mass is 407 g/mol. The van der Waals surface area contributed by atoms with Gasteiger partial charge in [0.25, 0.3) is 5.91 Å². The largest absolute Gasteiger partial charge is 0.439 e. The first-order valence-electron chi connectivity index (χ1n) is 10.3. The van der Waals surface area contributed by atoms with Gasteiger partial charge in [-0.15, -0.1) is 0 Å². The summed E-state index contributed by atoms with van der Waals surface area (Å²) in [5.74, 6) is 1.32. The van der Waals surface area contributed by atoms with Crippen LogP contribution >= 0.6 is 0 Å². The maximum atomic E-state index is 12.8. The lowest BCUT2D eigenvalue weighted by Gasteiger charge is -2.32. The van der Waals surface area contributed by atoms with Gasteiger partial charge in [0.15, 0.2) is 0 Å². The first-order valence-corrected chi connectivity index (χ1v) is 10.3. The van der Waals surface area contributed by atoms with E-state index in [9.17, 15) is 4.79 Å². The number of pyridine rings is 1. The van der Waals surface area contributed by atoms with Gasteiger partial charge in [-0.25, -0.2) is 0 Å². The van der Waals surface area contributed by atoms with Crippen LogP contribution in [0.1, 0.15) is 42.5 Å². The zero-order valence-corrected chi connectivity index (χ0v) is 17.5. The van der Waals surface area contributed by atoms with E-state index in [4.69, 9.17) is 10.1 Å². The molecule has 1 amide bonds. The topological polar surface area (TPSA) is 90.3 Å². The highest BCUT2D eigenvalue weighted by Gasteiger charge is 2.21. The molecule has 1 aliphatic rings. The fourth-order valence-electron chi connectivity index (χ4n) is 3.52. The summed E-state index contributed by atoms with van der Waals surface area (Å²) >= 11 is 0. The number of nitrogens with zero attached hydrogens (tertiary/aromatic N) is 2. The molecule has 3 N–H and O–H groups in total. The van der Waals surface area contributed by atoms with Crippen LogP contribution in [0.2, 0.25) is 0 Å². The number of ether oxygens (including phenoxy) is 1. The maximum absolute atomic E-state index is 12.8. The Morgan fingerprint density at radius 1 is 1.20 bits per heavy atom. The van der Waals surface area contributed by atoms with E-state index in [1.54, 1.807) is 25.4 Å². The highest BCUT2D eigenvalue weighted by molar-refractivity contribution is 6.09. The molecule has 30 heavy (non-hydrogen) atoms. The van der Waals surface area contributed by atoms with Gasteiger partial charge in [-0.1, -0.05) is 37.5 Å². The number of carbonyl (C=O) groups is 1. The Morgan fingerprint density at radius 2 is 1.93 bits per heavy atom. The number of hydrogen-bond acceptors (Lipinski definition) is 6. The second-order valence-corrected chi connectivity index (χ2v) is 7.36. The Kier molecular flexibility index (Phi) is 7.43. The fourth-order valence-corrected chi connectivity index (χ4v) is 3.52. The van der Waals surface area contributed by atoms with Crippen LogP contribution in [0.4, 0.5) is 5.82 Å². The van der Waals surface area contributed by atoms with Crippen molar-refractivity contribution >= 4 is 17.6 Å². The molecule has 0 spiro atoms. The van der Waals surface area contributed by atoms with Crippen molar-refractivity contribution in [3.63, 3.8) is 0 Å². The molecule has 7 heteroatoms. The summed E-state index contributed by atoms with van der Waals surface area (Å²) < 4.78 is 5.92. The molecular weight excluding hydrogens is 378 g/mol. The molecule has 3 rings (SSSR count). The zero-order chi connectivity index (χ0) is 21.3. The van der Waals surface area contributed by atoms with E-state index in [1.807, 2.05) is 37.4 Å². The SMILES string of the molecule is CN/C=C\C(=N)NC(=O)c1cc(Oc2ccccc2)nc(N(C)C2CCCCC2)c1. The number of carbonyl (C=O) groups excluding carboxylic acids is 1. The van der Waals surface area contributed by atoms with Crippen molar-refractivity contribution in [1.29, 1.82) is 5.41 Å². The number of anilines is 1. The molecule has 0 aliphatic heterocycles. The van der Waals surface area contributed by atoms with E-state index in [2.05, 4.69) is 20.5 Å². The number of aromatic nitrogens is 1. The second kappa shape index (κ2) is 10.4. The van der Waals surface area contributed by atoms with Gasteiger partial charge >= 0.3 is 0 Å². The highest BCUT2D eigenvalue weighted by atomic mass is 16.5. The molecule has 0 unspecified atom stereocenters. The van der Waals surface area contributed by atoms with Crippen molar-refractivity contribution in [2.24, 2.45) is 0 Å². The van der Waals surface area contributed by atoms with Crippen LogP contribution in [0, 0.1) is 5.41 Å². The summed E-state index contributed by atoms with van der Waals surface area (Å²) in [6.07, 6.45) is 8.97. The first-order chi connectivity index (χ1) is 14.6. The third-order valence-corrected chi connectivity index (χ3v) is 5.16. The molecule has 7 nitrogen and oxygen atoms in total. The highest BCUT2D eigenvalue weighted by Crippen LogP contribution is 2.28. The molecule has 0 radical (unpaired) electrons. The fraction of sp³-hybridized carbons (Fsp3) is 0.348. The van der Waals surface area contributed by atoms with Gasteiger partial charge in [-0.3, -0.25) is 10.2 Å². The second-order valence-electron chi connectivity index (χ2n) is 7.36. The van der Waals surface area contributed by atoms with Gasteiger partial charge in [0.1, 0.15) is 17.4 Å². The standard InChI is InChI=1S/C23H29N5O2/c1-25-14-13-20(24)26-23(29)17-15-21(28(2)18-9-5-3-6-10-18)27-22(16-17)30-19-11-7-4-8-12-19/h4,7-8,11-16,18,25H,3,5-6,9-10H2,1-2H3,(H2,24,26,29)/b14-13-. The number of nitrogens with one attached hydrogen (secondary N) is 3. The van der Waals surface area contributed by atoms with E-state index in [1.165, 1.54) is 25.3 Å². The lowest BCUT2D eigenvalue weighted by atomic mass is 9.94. The molecule has 1 fully saturated rings. The third kappa shape index (κ3) is 5.83. The Hall–Kier alpha value is -3.35. The Labute approximate surface area is 177 Å². The molecule has 158 valence electrons. The van der Waals surface area contributed by atoms with Crippen LogP contribution < -0.4 is 20.3 Å². The summed E-state index contributed by atoms with van der Waals surface area (Å²) in [6.45, 7) is 0. The van der Waals surface area contributed by atoms with Crippen LogP contribution in [0.3, 0.4) is 0 Å². The molecule has 0 atom stereocenters. The Bertz CT molecular complexity index is 892.